The van der Waals surface area contributed by atoms with Crippen LogP contribution in [0.4, 0.5) is 5.69 Å². The summed E-state index contributed by atoms with van der Waals surface area (Å²) in [5.41, 5.74) is 9.86. The first-order valence-corrected chi connectivity index (χ1v) is 8.04. The van der Waals surface area contributed by atoms with E-state index in [0.29, 0.717) is 19.5 Å². The van der Waals surface area contributed by atoms with E-state index >= 15 is 0 Å². The van der Waals surface area contributed by atoms with Crippen LogP contribution in [0.5, 0.6) is 0 Å². The van der Waals surface area contributed by atoms with E-state index in [9.17, 15) is 9.59 Å². The monoisotopic (exact) mass is 323 g/mol. The highest BCUT2D eigenvalue weighted by Gasteiger charge is 2.26. The third-order valence-electron chi connectivity index (χ3n) is 4.28. The minimum atomic E-state index is -0.702. The van der Waals surface area contributed by atoms with Gasteiger partial charge in [-0.2, -0.15) is 0 Å². The predicted molar refractivity (Wildman–Crippen MR) is 93.6 cm³/mol. The maximum absolute atomic E-state index is 12.2. The van der Waals surface area contributed by atoms with Crippen LogP contribution in [0.1, 0.15) is 22.7 Å². The molecule has 3 N–H and O–H groups in total. The molecular formula is C19H21N3O2. The lowest BCUT2D eigenvalue weighted by molar-refractivity contribution is -0.122. The van der Waals surface area contributed by atoms with Gasteiger partial charge in [0.25, 0.3) is 0 Å². The fraction of sp³-hybridized carbons (Fsp3) is 0.263. The molecule has 0 fully saturated rings. The molecule has 24 heavy (non-hydrogen) atoms. The largest absolute Gasteiger partial charge is 0.353 e. The minimum Gasteiger partial charge on any atom is -0.353 e. The Labute approximate surface area is 141 Å². The summed E-state index contributed by atoms with van der Waals surface area (Å²) in [5.74, 6) is -0.174. The van der Waals surface area contributed by atoms with Crippen molar-refractivity contribution in [2.75, 3.05) is 18.0 Å². The maximum Gasteiger partial charge on any atom is 0.241 e. The molecular weight excluding hydrogens is 302 g/mol. The van der Waals surface area contributed by atoms with Crippen molar-refractivity contribution >= 4 is 17.5 Å². The Morgan fingerprint density at radius 1 is 1.21 bits per heavy atom. The van der Waals surface area contributed by atoms with Gasteiger partial charge in [-0.3, -0.25) is 9.59 Å². The Kier molecular flexibility index (Phi) is 4.62. The van der Waals surface area contributed by atoms with Crippen molar-refractivity contribution < 1.29 is 9.59 Å². The number of benzene rings is 2. The number of aryl methyl sites for hydroxylation is 1. The molecule has 5 nitrogen and oxygen atoms in total. The first-order valence-electron chi connectivity index (χ1n) is 8.04. The van der Waals surface area contributed by atoms with Crippen LogP contribution < -0.4 is 16.0 Å². The zero-order valence-corrected chi connectivity index (χ0v) is 13.7. The van der Waals surface area contributed by atoms with Crippen molar-refractivity contribution in [2.45, 2.75) is 19.4 Å². The van der Waals surface area contributed by atoms with Crippen LogP contribution in [0, 0.1) is 6.92 Å². The van der Waals surface area contributed by atoms with E-state index in [-0.39, 0.29) is 11.8 Å². The second-order valence-corrected chi connectivity index (χ2v) is 6.03. The number of fused-ring (bicyclic) bond motifs is 1. The molecule has 1 atom stereocenters. The van der Waals surface area contributed by atoms with Crippen molar-refractivity contribution in [2.24, 2.45) is 5.73 Å². The second-order valence-electron chi connectivity index (χ2n) is 6.03. The topological polar surface area (TPSA) is 75.4 Å². The molecule has 0 saturated carbocycles. The third-order valence-corrected chi connectivity index (χ3v) is 4.28. The zero-order valence-electron chi connectivity index (χ0n) is 13.7. The van der Waals surface area contributed by atoms with Gasteiger partial charge in [-0.1, -0.05) is 48.0 Å². The van der Waals surface area contributed by atoms with Crippen LogP contribution in [0.2, 0.25) is 0 Å². The first-order chi connectivity index (χ1) is 11.6. The molecule has 1 aliphatic heterocycles. The van der Waals surface area contributed by atoms with E-state index in [0.717, 1.165) is 22.4 Å². The number of amides is 2. The Balaban J connectivity index is 1.55. The highest BCUT2D eigenvalue weighted by atomic mass is 16.2. The lowest BCUT2D eigenvalue weighted by Gasteiger charge is -2.19. The van der Waals surface area contributed by atoms with E-state index in [4.69, 9.17) is 5.73 Å². The van der Waals surface area contributed by atoms with Crippen molar-refractivity contribution in [1.29, 1.82) is 0 Å². The molecule has 124 valence electrons. The van der Waals surface area contributed by atoms with E-state index < -0.39 is 6.04 Å². The molecule has 1 aliphatic rings. The van der Waals surface area contributed by atoms with Crippen molar-refractivity contribution in [3.8, 4) is 0 Å². The van der Waals surface area contributed by atoms with Gasteiger partial charge in [0.1, 0.15) is 6.04 Å². The van der Waals surface area contributed by atoms with Gasteiger partial charge in [-0.05, 0) is 24.1 Å². The van der Waals surface area contributed by atoms with E-state index in [1.165, 1.54) is 0 Å². The molecule has 0 spiro atoms. The molecule has 1 unspecified atom stereocenters. The number of rotatable bonds is 5. The van der Waals surface area contributed by atoms with Crippen LogP contribution in [-0.4, -0.2) is 24.9 Å². The first kappa shape index (κ1) is 16.2. The van der Waals surface area contributed by atoms with Gasteiger partial charge in [0.15, 0.2) is 0 Å². The quantitative estimate of drug-likeness (QED) is 0.879. The summed E-state index contributed by atoms with van der Waals surface area (Å²) in [6.45, 7) is 2.81. The summed E-state index contributed by atoms with van der Waals surface area (Å²) in [6, 6.07) is 14.6. The number of nitrogens with one attached hydrogen (secondary N) is 1. The summed E-state index contributed by atoms with van der Waals surface area (Å²) in [5, 5.41) is 2.82. The van der Waals surface area contributed by atoms with E-state index in [2.05, 4.69) is 5.32 Å². The summed E-state index contributed by atoms with van der Waals surface area (Å²) >= 11 is 0. The van der Waals surface area contributed by atoms with Crippen LogP contribution in [0.15, 0.2) is 48.5 Å². The Morgan fingerprint density at radius 3 is 2.67 bits per heavy atom. The molecule has 1 heterocycles. The summed E-state index contributed by atoms with van der Waals surface area (Å²) in [6.07, 6.45) is 0.424. The average Bonchev–Trinajstić information content (AvgIpc) is 2.90. The number of nitrogens with two attached hydrogens (primary N) is 1. The van der Waals surface area contributed by atoms with Crippen molar-refractivity contribution in [1.82, 2.24) is 5.32 Å². The molecule has 0 radical (unpaired) electrons. The smallest absolute Gasteiger partial charge is 0.241 e. The molecule has 2 aromatic rings. The summed E-state index contributed by atoms with van der Waals surface area (Å²) in [4.78, 5) is 26.0. The number of nitrogens with zero attached hydrogens (tertiary/aromatic N) is 1. The molecule has 0 aromatic heterocycles. The summed E-state index contributed by atoms with van der Waals surface area (Å²) in [7, 11) is 0. The molecule has 0 saturated heterocycles. The highest BCUT2D eigenvalue weighted by molar-refractivity contribution is 6.01. The van der Waals surface area contributed by atoms with Crippen molar-refractivity contribution in [3.63, 3.8) is 0 Å². The van der Waals surface area contributed by atoms with Crippen LogP contribution in [0.3, 0.4) is 0 Å². The molecule has 0 aliphatic carbocycles. The normalized spacial score (nSPS) is 14.4. The third kappa shape index (κ3) is 3.31. The number of anilines is 1. The van der Waals surface area contributed by atoms with Gasteiger partial charge in [-0.25, -0.2) is 0 Å². The molecule has 0 bridgehead atoms. The number of para-hydroxylation sites is 1. The van der Waals surface area contributed by atoms with E-state index in [1.807, 2.05) is 55.5 Å². The molecule has 2 amide bonds. The second kappa shape index (κ2) is 6.84. The number of carbonyl (C=O) groups is 2. The van der Waals surface area contributed by atoms with E-state index in [1.54, 1.807) is 4.90 Å². The average molecular weight is 323 g/mol. The highest BCUT2D eigenvalue weighted by Crippen LogP contribution is 2.27. The lowest BCUT2D eigenvalue weighted by atomic mass is 10.1. The fourth-order valence-electron chi connectivity index (χ4n) is 2.89. The van der Waals surface area contributed by atoms with Gasteiger partial charge in [0.05, 0.1) is 6.42 Å². The summed E-state index contributed by atoms with van der Waals surface area (Å²) < 4.78 is 0. The molecule has 3 rings (SSSR count). The number of carbonyl (C=O) groups excluding carboxylic acids is 2. The fourth-order valence-corrected chi connectivity index (χ4v) is 2.89. The lowest BCUT2D eigenvalue weighted by Crippen LogP contribution is -2.40. The number of hydrogen-bond donors (Lipinski definition) is 2. The standard InChI is InChI=1S/C19H21N3O2/c1-13-6-8-14(9-7-13)18(20)19(24)21-10-11-22-16-5-3-2-4-15(16)12-17(22)23/h2-9,18H,10-12,20H2,1H3,(H,21,24). The zero-order chi connectivity index (χ0) is 17.1. The molecule has 2 aromatic carbocycles. The molecule has 5 heteroatoms. The minimum absolute atomic E-state index is 0.0632. The Morgan fingerprint density at radius 2 is 1.92 bits per heavy atom. The Bertz CT molecular complexity index is 755. The van der Waals surface area contributed by atoms with Gasteiger partial charge in [0, 0.05) is 18.8 Å². The van der Waals surface area contributed by atoms with Crippen LogP contribution >= 0.6 is 0 Å². The number of hydrogen-bond acceptors (Lipinski definition) is 3. The van der Waals surface area contributed by atoms with Gasteiger partial charge in [-0.15, -0.1) is 0 Å². The van der Waals surface area contributed by atoms with Gasteiger partial charge in [0.2, 0.25) is 11.8 Å². The SMILES string of the molecule is Cc1ccc(C(N)C(=O)NCCN2C(=O)Cc3ccccc32)cc1. The van der Waals surface area contributed by atoms with Crippen molar-refractivity contribution in [3.05, 3.63) is 65.2 Å². The predicted octanol–water partition coefficient (Wildman–Crippen LogP) is 1.70. The maximum atomic E-state index is 12.2. The van der Waals surface area contributed by atoms with Crippen LogP contribution in [0.25, 0.3) is 0 Å². The van der Waals surface area contributed by atoms with Crippen LogP contribution in [-0.2, 0) is 16.0 Å². The van der Waals surface area contributed by atoms with Gasteiger partial charge >= 0.3 is 0 Å². The van der Waals surface area contributed by atoms with Gasteiger partial charge < -0.3 is 16.0 Å². The Hall–Kier alpha value is -2.66.